The van der Waals surface area contributed by atoms with Crippen molar-refractivity contribution in [2.24, 2.45) is 11.8 Å². The van der Waals surface area contributed by atoms with Gasteiger partial charge in [0, 0.05) is 19.0 Å². The summed E-state index contributed by atoms with van der Waals surface area (Å²) >= 11 is 0. The van der Waals surface area contributed by atoms with Gasteiger partial charge in [-0.1, -0.05) is 60.2 Å². The molecular formula is C23H23NO4S. The Hall–Kier alpha value is -2.70. The Morgan fingerprint density at radius 2 is 1.72 bits per heavy atom. The van der Waals surface area contributed by atoms with Gasteiger partial charge >= 0.3 is 5.97 Å². The van der Waals surface area contributed by atoms with Gasteiger partial charge in [0.15, 0.2) is 0 Å². The summed E-state index contributed by atoms with van der Waals surface area (Å²) in [5, 5.41) is 0. The van der Waals surface area contributed by atoms with Crippen LogP contribution in [0.1, 0.15) is 11.1 Å². The van der Waals surface area contributed by atoms with E-state index in [9.17, 15) is 13.2 Å². The van der Waals surface area contributed by atoms with Gasteiger partial charge in [0.05, 0.1) is 12.0 Å². The van der Waals surface area contributed by atoms with Crippen molar-refractivity contribution < 1.29 is 17.9 Å². The number of sulfonamides is 1. The van der Waals surface area contributed by atoms with Crippen LogP contribution in [-0.2, 0) is 19.6 Å². The molecule has 0 spiro atoms. The molecule has 0 saturated carbocycles. The highest BCUT2D eigenvalue weighted by Gasteiger charge is 2.39. The lowest BCUT2D eigenvalue weighted by Crippen LogP contribution is -2.28. The average molecular weight is 410 g/mol. The van der Waals surface area contributed by atoms with Crippen LogP contribution in [0.3, 0.4) is 0 Å². The molecule has 0 N–H and O–H groups in total. The molecule has 2 aromatic rings. The maximum Gasteiger partial charge on any atom is 0.317 e. The molecule has 5 nitrogen and oxygen atoms in total. The molecule has 2 atom stereocenters. The van der Waals surface area contributed by atoms with Crippen LogP contribution in [0.15, 0.2) is 77.2 Å². The normalized spacial score (nSPS) is 21.9. The van der Waals surface area contributed by atoms with Crippen LogP contribution in [-0.4, -0.2) is 38.9 Å². The fraction of sp³-hybridized carbons (Fsp3) is 0.261. The number of benzene rings is 2. The van der Waals surface area contributed by atoms with Gasteiger partial charge in [-0.15, -0.1) is 0 Å². The molecule has 1 aliphatic carbocycles. The first-order valence-electron chi connectivity index (χ1n) is 9.52. The minimum Gasteiger partial charge on any atom is -0.468 e. The van der Waals surface area contributed by atoms with E-state index in [4.69, 9.17) is 4.74 Å². The number of nitrogens with zero attached hydrogens (tertiary/aromatic N) is 1. The van der Waals surface area contributed by atoms with Gasteiger partial charge in [-0.25, -0.2) is 8.42 Å². The molecule has 0 amide bonds. The average Bonchev–Trinajstić information content (AvgIpc) is 3.17. The van der Waals surface area contributed by atoms with Crippen molar-refractivity contribution >= 4 is 21.6 Å². The number of carbonyl (C=O) groups is 1. The van der Waals surface area contributed by atoms with Gasteiger partial charge in [-0.3, -0.25) is 4.79 Å². The van der Waals surface area contributed by atoms with Crippen LogP contribution >= 0.6 is 0 Å². The van der Waals surface area contributed by atoms with Crippen molar-refractivity contribution in [2.45, 2.75) is 11.8 Å². The molecule has 4 rings (SSSR count). The maximum atomic E-state index is 13.1. The highest BCUT2D eigenvalue weighted by Crippen LogP contribution is 2.39. The molecule has 29 heavy (non-hydrogen) atoms. The predicted octanol–water partition coefficient (Wildman–Crippen LogP) is 3.43. The molecule has 150 valence electrons. The Bertz CT molecular complexity index is 1090. The number of esters is 1. The zero-order chi connectivity index (χ0) is 20.6. The van der Waals surface area contributed by atoms with Crippen LogP contribution in [0.5, 0.6) is 0 Å². The summed E-state index contributed by atoms with van der Waals surface area (Å²) in [4.78, 5) is 12.7. The SMILES string of the molecule is COC(=O)[C@@H]1C=C2CN(S(=O)(=O)c3ccc(C)cc3)C[C@H]2C=C1c1ccccc1. The van der Waals surface area contributed by atoms with E-state index in [0.29, 0.717) is 11.4 Å². The quantitative estimate of drug-likeness (QED) is 0.573. The largest absolute Gasteiger partial charge is 0.468 e. The molecule has 1 fully saturated rings. The highest BCUT2D eigenvalue weighted by molar-refractivity contribution is 7.89. The molecule has 1 saturated heterocycles. The van der Waals surface area contributed by atoms with Crippen LogP contribution in [0, 0.1) is 18.8 Å². The van der Waals surface area contributed by atoms with Crippen molar-refractivity contribution in [3.63, 3.8) is 0 Å². The van der Waals surface area contributed by atoms with Crippen molar-refractivity contribution in [2.75, 3.05) is 20.2 Å². The molecule has 2 aliphatic rings. The van der Waals surface area contributed by atoms with E-state index >= 15 is 0 Å². The molecule has 0 radical (unpaired) electrons. The van der Waals surface area contributed by atoms with Crippen LogP contribution < -0.4 is 0 Å². The third-order valence-electron chi connectivity index (χ3n) is 5.55. The Kier molecular flexibility index (Phi) is 5.15. The van der Waals surface area contributed by atoms with Crippen molar-refractivity contribution in [3.8, 4) is 0 Å². The second-order valence-electron chi connectivity index (χ2n) is 7.45. The standard InChI is InChI=1S/C23H23NO4S/c1-16-8-10-20(11-9-16)29(26,27)24-14-18-12-21(17-6-4-3-5-7-17)22(23(25)28-2)13-19(18)15-24/h3-13,18,22H,14-15H2,1-2H3/t18-,22-/m1/s1. The molecular weight excluding hydrogens is 386 g/mol. The lowest BCUT2D eigenvalue weighted by atomic mass is 9.81. The molecule has 0 bridgehead atoms. The highest BCUT2D eigenvalue weighted by atomic mass is 32.2. The predicted molar refractivity (Wildman–Crippen MR) is 111 cm³/mol. The van der Waals surface area contributed by atoms with Gasteiger partial charge in [-0.2, -0.15) is 4.31 Å². The van der Waals surface area contributed by atoms with Crippen molar-refractivity contribution in [3.05, 3.63) is 83.4 Å². The second-order valence-corrected chi connectivity index (χ2v) is 9.39. The monoisotopic (exact) mass is 409 g/mol. The summed E-state index contributed by atoms with van der Waals surface area (Å²) in [5.41, 5.74) is 3.76. The number of methoxy groups -OCH3 is 1. The summed E-state index contributed by atoms with van der Waals surface area (Å²) in [7, 11) is -2.22. The van der Waals surface area contributed by atoms with Crippen molar-refractivity contribution in [1.29, 1.82) is 0 Å². The fourth-order valence-corrected chi connectivity index (χ4v) is 5.41. The molecule has 6 heteroatoms. The van der Waals surface area contributed by atoms with E-state index in [1.807, 2.05) is 49.4 Å². The first kappa shape index (κ1) is 19.6. The fourth-order valence-electron chi connectivity index (χ4n) is 3.95. The Morgan fingerprint density at radius 3 is 2.38 bits per heavy atom. The molecule has 0 aromatic heterocycles. The smallest absolute Gasteiger partial charge is 0.317 e. The number of hydrogen-bond acceptors (Lipinski definition) is 4. The number of rotatable bonds is 4. The third-order valence-corrected chi connectivity index (χ3v) is 7.38. The number of carbonyl (C=O) groups excluding carboxylic acids is 1. The van der Waals surface area contributed by atoms with Crippen molar-refractivity contribution in [1.82, 2.24) is 4.31 Å². The lowest BCUT2D eigenvalue weighted by Gasteiger charge is -2.23. The Balaban J connectivity index is 1.68. The van der Waals surface area contributed by atoms with E-state index < -0.39 is 15.9 Å². The van der Waals surface area contributed by atoms with E-state index in [-0.39, 0.29) is 18.4 Å². The number of fused-ring (bicyclic) bond motifs is 1. The van der Waals surface area contributed by atoms with E-state index in [1.54, 1.807) is 24.3 Å². The summed E-state index contributed by atoms with van der Waals surface area (Å²) in [5.74, 6) is -0.923. The number of hydrogen-bond donors (Lipinski definition) is 0. The Labute approximate surface area is 171 Å². The van der Waals surface area contributed by atoms with Crippen LogP contribution in [0.4, 0.5) is 0 Å². The number of aryl methyl sites for hydroxylation is 1. The van der Waals surface area contributed by atoms with Gasteiger partial charge < -0.3 is 4.74 Å². The molecule has 2 aromatic carbocycles. The van der Waals surface area contributed by atoms with Gasteiger partial charge in [-0.05, 0) is 35.8 Å². The third kappa shape index (κ3) is 3.66. The minimum absolute atomic E-state index is 0.0497. The number of ether oxygens (including phenoxy) is 1. The minimum atomic E-state index is -3.59. The summed E-state index contributed by atoms with van der Waals surface area (Å²) in [6.07, 6.45) is 3.90. The molecule has 1 aliphatic heterocycles. The summed E-state index contributed by atoms with van der Waals surface area (Å²) in [6.45, 7) is 2.58. The second kappa shape index (κ2) is 7.61. The maximum absolute atomic E-state index is 13.1. The molecule has 0 unspecified atom stereocenters. The van der Waals surface area contributed by atoms with Gasteiger partial charge in [0.25, 0.3) is 0 Å². The Morgan fingerprint density at radius 1 is 1.03 bits per heavy atom. The first-order valence-corrected chi connectivity index (χ1v) is 11.0. The van der Waals surface area contributed by atoms with Crippen LogP contribution in [0.2, 0.25) is 0 Å². The first-order chi connectivity index (χ1) is 13.9. The van der Waals surface area contributed by atoms with E-state index in [2.05, 4.69) is 0 Å². The zero-order valence-corrected chi connectivity index (χ0v) is 17.2. The topological polar surface area (TPSA) is 63.7 Å². The van der Waals surface area contributed by atoms with Gasteiger partial charge in [0.1, 0.15) is 5.92 Å². The molecule has 1 heterocycles. The summed E-state index contributed by atoms with van der Waals surface area (Å²) in [6, 6.07) is 16.6. The van der Waals surface area contributed by atoms with Gasteiger partial charge in [0.2, 0.25) is 10.0 Å². The van der Waals surface area contributed by atoms with E-state index in [1.165, 1.54) is 11.4 Å². The van der Waals surface area contributed by atoms with E-state index in [0.717, 1.165) is 22.3 Å². The zero-order valence-electron chi connectivity index (χ0n) is 16.4. The van der Waals surface area contributed by atoms with Crippen LogP contribution in [0.25, 0.3) is 5.57 Å². The summed E-state index contributed by atoms with van der Waals surface area (Å²) < 4.78 is 32.7. The lowest BCUT2D eigenvalue weighted by molar-refractivity contribution is -0.142.